The van der Waals surface area contributed by atoms with Gasteiger partial charge in [0.15, 0.2) is 0 Å². The second-order valence-corrected chi connectivity index (χ2v) is 7.27. The van der Waals surface area contributed by atoms with E-state index in [4.69, 9.17) is 16.7 Å². The van der Waals surface area contributed by atoms with Crippen LogP contribution in [0.15, 0.2) is 28.7 Å². The number of rotatable bonds is 3. The number of hydrogen-bond donors (Lipinski definition) is 1. The summed E-state index contributed by atoms with van der Waals surface area (Å²) in [5.74, 6) is 0. The molecule has 0 fully saturated rings. The smallest absolute Gasteiger partial charge is 0.258 e. The Balaban J connectivity index is 2.20. The molecule has 0 amide bonds. The van der Waals surface area contributed by atoms with Gasteiger partial charge in [0.05, 0.1) is 16.8 Å². The fraction of sp³-hybridized carbons (Fsp3) is 0. The first kappa shape index (κ1) is 14.8. The van der Waals surface area contributed by atoms with Crippen LogP contribution in [0.5, 0.6) is 0 Å². The van der Waals surface area contributed by atoms with Crippen LogP contribution in [0.2, 0.25) is 5.02 Å². The molecule has 0 saturated heterocycles. The average molecular weight is 360 g/mol. The molecule has 22 heavy (non-hydrogen) atoms. The zero-order valence-electron chi connectivity index (χ0n) is 10.5. The summed E-state index contributed by atoms with van der Waals surface area (Å²) in [5.41, 5.74) is 0.548. The van der Waals surface area contributed by atoms with Crippen LogP contribution in [-0.4, -0.2) is 27.9 Å². The summed E-state index contributed by atoms with van der Waals surface area (Å²) in [5, 5.41) is 19.8. The Morgan fingerprint density at radius 1 is 1.41 bits per heavy atom. The molecule has 9 nitrogen and oxygen atoms in total. The molecule has 2 aromatic heterocycles. The zero-order valence-corrected chi connectivity index (χ0v) is 12.9. The third kappa shape index (κ3) is 2.43. The number of primary sulfonamides is 1. The Labute approximate surface area is 132 Å². The highest BCUT2D eigenvalue weighted by Gasteiger charge is 2.20. The van der Waals surface area contributed by atoms with Crippen LogP contribution >= 0.6 is 22.9 Å². The van der Waals surface area contributed by atoms with E-state index in [1.807, 2.05) is 0 Å². The van der Waals surface area contributed by atoms with Crippen LogP contribution in [0.3, 0.4) is 0 Å². The molecule has 0 aliphatic heterocycles. The molecular formula is C10H6ClN5O4S2. The number of nitro benzene ring substituents is 1. The number of nitrogens with zero attached hydrogens (tertiary/aromatic N) is 4. The number of benzene rings is 1. The summed E-state index contributed by atoms with van der Waals surface area (Å²) in [6, 6.07) is 4.19. The van der Waals surface area contributed by atoms with Gasteiger partial charge in [-0.05, 0) is 6.07 Å². The zero-order chi connectivity index (χ0) is 16.1. The van der Waals surface area contributed by atoms with E-state index in [9.17, 15) is 18.5 Å². The highest BCUT2D eigenvalue weighted by Crippen LogP contribution is 2.31. The van der Waals surface area contributed by atoms with Crippen LogP contribution in [0, 0.1) is 10.1 Å². The van der Waals surface area contributed by atoms with Crippen molar-refractivity contribution in [2.75, 3.05) is 0 Å². The van der Waals surface area contributed by atoms with Gasteiger partial charge in [0.1, 0.15) is 5.02 Å². The Hall–Kier alpha value is -2.08. The number of nitro groups is 1. The molecule has 12 heteroatoms. The van der Waals surface area contributed by atoms with Gasteiger partial charge in [0, 0.05) is 11.6 Å². The van der Waals surface area contributed by atoms with E-state index in [1.165, 1.54) is 22.8 Å². The first-order valence-electron chi connectivity index (χ1n) is 5.59. The molecule has 0 spiro atoms. The standard InChI is InChI=1S/C10H6ClN5O4S2/c11-6-2-1-5(3-7(6)16(17)18)8-4-13-9-15(8)14-10(21-9)22(12,19)20/h1-4H,(H2,12,19,20). The molecule has 0 radical (unpaired) electrons. The van der Waals surface area contributed by atoms with Crippen LogP contribution in [0.4, 0.5) is 5.69 Å². The molecular weight excluding hydrogens is 354 g/mol. The van der Waals surface area contributed by atoms with Crippen LogP contribution < -0.4 is 5.14 Å². The van der Waals surface area contributed by atoms with Crippen molar-refractivity contribution >= 4 is 43.6 Å². The van der Waals surface area contributed by atoms with Crippen molar-refractivity contribution in [2.45, 2.75) is 4.34 Å². The molecule has 2 N–H and O–H groups in total. The molecule has 0 bridgehead atoms. The SMILES string of the molecule is NS(=O)(=O)c1nn2c(-c3ccc(Cl)c([N+](=O)[O-])c3)cnc2s1. The van der Waals surface area contributed by atoms with Gasteiger partial charge in [0.25, 0.3) is 15.7 Å². The monoisotopic (exact) mass is 359 g/mol. The van der Waals surface area contributed by atoms with Crippen molar-refractivity contribution < 1.29 is 13.3 Å². The molecule has 0 atom stereocenters. The summed E-state index contributed by atoms with van der Waals surface area (Å²) in [6.07, 6.45) is 1.43. The molecule has 2 heterocycles. The number of imidazole rings is 1. The second-order valence-electron chi connectivity index (χ2n) is 4.17. The quantitative estimate of drug-likeness (QED) is 0.558. The van der Waals surface area contributed by atoms with Gasteiger partial charge >= 0.3 is 0 Å². The maximum Gasteiger partial charge on any atom is 0.288 e. The largest absolute Gasteiger partial charge is 0.288 e. The fourth-order valence-electron chi connectivity index (χ4n) is 1.80. The Morgan fingerprint density at radius 3 is 2.77 bits per heavy atom. The Morgan fingerprint density at radius 2 is 2.14 bits per heavy atom. The first-order valence-corrected chi connectivity index (χ1v) is 8.33. The Bertz CT molecular complexity index is 1010. The third-order valence-corrected chi connectivity index (χ3v) is 5.30. The van der Waals surface area contributed by atoms with Gasteiger partial charge in [-0.15, -0.1) is 5.10 Å². The number of nitrogens with two attached hydrogens (primary N) is 1. The van der Waals surface area contributed by atoms with Gasteiger partial charge in [-0.1, -0.05) is 29.0 Å². The first-order chi connectivity index (χ1) is 10.3. The summed E-state index contributed by atoms with van der Waals surface area (Å²) in [6.45, 7) is 0. The second kappa shape index (κ2) is 4.98. The number of sulfonamides is 1. The van der Waals surface area contributed by atoms with Gasteiger partial charge in [-0.2, -0.15) is 0 Å². The van der Waals surface area contributed by atoms with E-state index in [0.717, 1.165) is 11.3 Å². The van der Waals surface area contributed by atoms with E-state index < -0.39 is 14.9 Å². The van der Waals surface area contributed by atoms with Crippen LogP contribution in [-0.2, 0) is 10.0 Å². The lowest BCUT2D eigenvalue weighted by Crippen LogP contribution is -2.12. The van der Waals surface area contributed by atoms with E-state index in [2.05, 4.69) is 10.1 Å². The number of halogens is 1. The normalized spacial score (nSPS) is 11.9. The molecule has 3 aromatic rings. The van der Waals surface area contributed by atoms with Crippen LogP contribution in [0.1, 0.15) is 0 Å². The summed E-state index contributed by atoms with van der Waals surface area (Å²) in [4.78, 5) is 14.6. The van der Waals surface area contributed by atoms with Gasteiger partial charge < -0.3 is 0 Å². The average Bonchev–Trinajstić information content (AvgIpc) is 2.98. The predicted octanol–water partition coefficient (Wildman–Crippen LogP) is 1.67. The van der Waals surface area contributed by atoms with Crippen molar-refractivity contribution in [3.63, 3.8) is 0 Å². The van der Waals surface area contributed by atoms with Gasteiger partial charge in [0.2, 0.25) is 9.30 Å². The van der Waals surface area contributed by atoms with Crippen molar-refractivity contribution in [3.8, 4) is 11.3 Å². The molecule has 114 valence electrons. The van der Waals surface area contributed by atoms with Crippen LogP contribution in [0.25, 0.3) is 16.2 Å². The molecule has 1 aromatic carbocycles. The van der Waals surface area contributed by atoms with Crippen molar-refractivity contribution in [3.05, 3.63) is 39.5 Å². The topological polar surface area (TPSA) is 133 Å². The molecule has 0 aliphatic carbocycles. The van der Waals surface area contributed by atoms with E-state index >= 15 is 0 Å². The number of aromatic nitrogens is 3. The third-order valence-electron chi connectivity index (χ3n) is 2.75. The van der Waals surface area contributed by atoms with Gasteiger partial charge in [-0.3, -0.25) is 10.1 Å². The van der Waals surface area contributed by atoms with Gasteiger partial charge in [-0.25, -0.2) is 23.1 Å². The maximum absolute atomic E-state index is 11.3. The van der Waals surface area contributed by atoms with E-state index in [1.54, 1.807) is 6.07 Å². The lowest BCUT2D eigenvalue weighted by atomic mass is 10.1. The molecule has 0 saturated carbocycles. The van der Waals surface area contributed by atoms with Crippen molar-refractivity contribution in [2.24, 2.45) is 5.14 Å². The predicted molar refractivity (Wildman–Crippen MR) is 79.3 cm³/mol. The fourth-order valence-corrected chi connectivity index (χ4v) is 3.48. The Kier molecular flexibility index (Phi) is 3.36. The highest BCUT2D eigenvalue weighted by atomic mass is 35.5. The minimum Gasteiger partial charge on any atom is -0.258 e. The van der Waals surface area contributed by atoms with E-state index in [0.29, 0.717) is 16.2 Å². The molecule has 3 rings (SSSR count). The maximum atomic E-state index is 11.3. The summed E-state index contributed by atoms with van der Waals surface area (Å²) >= 11 is 6.56. The van der Waals surface area contributed by atoms with E-state index in [-0.39, 0.29) is 15.0 Å². The molecule has 0 aliphatic rings. The summed E-state index contributed by atoms with van der Waals surface area (Å²) in [7, 11) is -3.94. The minimum atomic E-state index is -3.94. The highest BCUT2D eigenvalue weighted by molar-refractivity contribution is 7.91. The number of hydrogen-bond acceptors (Lipinski definition) is 7. The summed E-state index contributed by atoms with van der Waals surface area (Å²) < 4.78 is 23.6. The lowest BCUT2D eigenvalue weighted by molar-refractivity contribution is -0.384. The lowest BCUT2D eigenvalue weighted by Gasteiger charge is -2.00. The number of fused-ring (bicyclic) bond motifs is 1. The molecule has 0 unspecified atom stereocenters. The van der Waals surface area contributed by atoms with Crippen molar-refractivity contribution in [1.29, 1.82) is 0 Å². The minimum absolute atomic E-state index is 0.00184. The van der Waals surface area contributed by atoms with Crippen molar-refractivity contribution in [1.82, 2.24) is 14.6 Å².